The van der Waals surface area contributed by atoms with Gasteiger partial charge in [0.15, 0.2) is 0 Å². The van der Waals surface area contributed by atoms with Crippen LogP contribution in [-0.4, -0.2) is 21.5 Å². The second kappa shape index (κ2) is 7.24. The van der Waals surface area contributed by atoms with Crippen LogP contribution < -0.4 is 4.72 Å². The summed E-state index contributed by atoms with van der Waals surface area (Å²) in [4.78, 5) is 10.8. The van der Waals surface area contributed by atoms with Crippen molar-refractivity contribution in [3.63, 3.8) is 0 Å². The third-order valence-electron chi connectivity index (χ3n) is 3.31. The number of carbonyl (C=O) groups excluding carboxylic acids is 1. The molecule has 0 aliphatic carbocycles. The van der Waals surface area contributed by atoms with Gasteiger partial charge in [-0.05, 0) is 35.9 Å². The molecule has 0 heterocycles. The van der Waals surface area contributed by atoms with E-state index in [2.05, 4.69) is 9.46 Å². The van der Waals surface area contributed by atoms with Crippen LogP contribution >= 0.6 is 0 Å². The molecular weight excluding hydrogens is 359 g/mol. The predicted octanol–water partition coefficient (Wildman–Crippen LogP) is 2.97. The van der Waals surface area contributed by atoms with E-state index in [1.54, 1.807) is 0 Å². The largest absolute Gasteiger partial charge is 0.465 e. The van der Waals surface area contributed by atoms with Crippen molar-refractivity contribution in [1.82, 2.24) is 4.72 Å². The molecule has 134 valence electrons. The number of benzene rings is 2. The lowest BCUT2D eigenvalue weighted by Gasteiger charge is -2.10. The van der Waals surface area contributed by atoms with Gasteiger partial charge in [-0.3, -0.25) is 0 Å². The van der Waals surface area contributed by atoms with E-state index >= 15 is 0 Å². The van der Waals surface area contributed by atoms with Crippen LogP contribution in [0.15, 0.2) is 53.4 Å². The van der Waals surface area contributed by atoms with Crippen LogP contribution in [0.3, 0.4) is 0 Å². The van der Waals surface area contributed by atoms with Gasteiger partial charge in [-0.2, -0.15) is 13.2 Å². The highest BCUT2D eigenvalue weighted by atomic mass is 32.2. The minimum atomic E-state index is -4.63. The van der Waals surface area contributed by atoms with Crippen molar-refractivity contribution in [3.8, 4) is 0 Å². The number of hydrogen-bond donors (Lipinski definition) is 1. The molecule has 0 atom stereocenters. The van der Waals surface area contributed by atoms with Crippen LogP contribution in [0.5, 0.6) is 0 Å². The summed E-state index contributed by atoms with van der Waals surface area (Å²) in [7, 11) is -2.88. The fourth-order valence-electron chi connectivity index (χ4n) is 1.98. The predicted molar refractivity (Wildman–Crippen MR) is 83.3 cm³/mol. The van der Waals surface area contributed by atoms with Gasteiger partial charge in [0.2, 0.25) is 10.0 Å². The Labute approximate surface area is 142 Å². The molecule has 5 nitrogen and oxygen atoms in total. The van der Waals surface area contributed by atoms with Crippen molar-refractivity contribution in [2.24, 2.45) is 0 Å². The van der Waals surface area contributed by atoms with Crippen LogP contribution in [0.25, 0.3) is 0 Å². The number of ether oxygens (including phenoxy) is 1. The Kier molecular flexibility index (Phi) is 5.48. The van der Waals surface area contributed by atoms with Gasteiger partial charge in [0.05, 0.1) is 23.1 Å². The number of esters is 1. The van der Waals surface area contributed by atoms with Crippen molar-refractivity contribution in [3.05, 3.63) is 65.2 Å². The lowest BCUT2D eigenvalue weighted by molar-refractivity contribution is -0.137. The van der Waals surface area contributed by atoms with Crippen molar-refractivity contribution in [2.45, 2.75) is 17.6 Å². The summed E-state index contributed by atoms with van der Waals surface area (Å²) < 4.78 is 69.1. The van der Waals surface area contributed by atoms with Crippen LogP contribution in [0.4, 0.5) is 13.2 Å². The normalized spacial score (nSPS) is 12.0. The van der Waals surface area contributed by atoms with E-state index in [0.29, 0.717) is 17.2 Å². The van der Waals surface area contributed by atoms with Crippen LogP contribution in [-0.2, 0) is 27.5 Å². The van der Waals surface area contributed by atoms with Crippen molar-refractivity contribution in [2.75, 3.05) is 7.11 Å². The SMILES string of the molecule is COC(=O)c1ccc(CNS(=O)(=O)c2cccc(C(F)(F)F)c2)cc1. The standard InChI is InChI=1S/C16H14F3NO4S/c1-24-15(21)12-7-5-11(6-8-12)10-20-25(22,23)14-4-2-3-13(9-14)16(17,18)19/h2-9,20H,10H2,1H3. The third kappa shape index (κ3) is 4.80. The number of sulfonamides is 1. The highest BCUT2D eigenvalue weighted by Gasteiger charge is 2.31. The fourth-order valence-corrected chi connectivity index (χ4v) is 3.04. The van der Waals surface area contributed by atoms with Crippen molar-refractivity contribution < 1.29 is 31.1 Å². The molecule has 2 rings (SSSR count). The van der Waals surface area contributed by atoms with Crippen LogP contribution in [0.1, 0.15) is 21.5 Å². The number of hydrogen-bond acceptors (Lipinski definition) is 4. The lowest BCUT2D eigenvalue weighted by Crippen LogP contribution is -2.23. The second-order valence-electron chi connectivity index (χ2n) is 5.04. The van der Waals surface area contributed by atoms with Crippen LogP contribution in [0, 0.1) is 0 Å². The van der Waals surface area contributed by atoms with Crippen molar-refractivity contribution in [1.29, 1.82) is 0 Å². The number of rotatable bonds is 5. The Morgan fingerprint density at radius 3 is 2.32 bits per heavy atom. The molecule has 25 heavy (non-hydrogen) atoms. The van der Waals surface area contributed by atoms with E-state index in [4.69, 9.17) is 0 Å². The van der Waals surface area contributed by atoms with Gasteiger partial charge in [-0.15, -0.1) is 0 Å². The third-order valence-corrected chi connectivity index (χ3v) is 4.71. The van der Waals surface area contributed by atoms with E-state index in [1.165, 1.54) is 31.4 Å². The highest BCUT2D eigenvalue weighted by Crippen LogP contribution is 2.30. The molecule has 2 aromatic rings. The van der Waals surface area contributed by atoms with Gasteiger partial charge in [0.1, 0.15) is 0 Å². The highest BCUT2D eigenvalue weighted by molar-refractivity contribution is 7.89. The second-order valence-corrected chi connectivity index (χ2v) is 6.81. The molecule has 0 saturated heterocycles. The maximum atomic E-state index is 12.7. The number of nitrogens with one attached hydrogen (secondary N) is 1. The average molecular weight is 373 g/mol. The maximum absolute atomic E-state index is 12.7. The Morgan fingerprint density at radius 2 is 1.76 bits per heavy atom. The van der Waals surface area contributed by atoms with E-state index in [0.717, 1.165) is 18.2 Å². The topological polar surface area (TPSA) is 72.5 Å². The van der Waals surface area contributed by atoms with Crippen molar-refractivity contribution >= 4 is 16.0 Å². The number of alkyl halides is 3. The molecule has 0 unspecified atom stereocenters. The lowest BCUT2D eigenvalue weighted by atomic mass is 10.1. The van der Waals surface area contributed by atoms with Gasteiger partial charge >= 0.3 is 12.1 Å². The number of methoxy groups -OCH3 is 1. The molecule has 0 aromatic heterocycles. The average Bonchev–Trinajstić information content (AvgIpc) is 2.59. The van der Waals surface area contributed by atoms with Gasteiger partial charge in [0, 0.05) is 6.54 Å². The van der Waals surface area contributed by atoms with E-state index in [1.807, 2.05) is 0 Å². The monoisotopic (exact) mass is 373 g/mol. The summed E-state index contributed by atoms with van der Waals surface area (Å²) >= 11 is 0. The molecule has 9 heteroatoms. The summed E-state index contributed by atoms with van der Waals surface area (Å²) in [6.45, 7) is -0.139. The molecule has 0 saturated carbocycles. The first kappa shape index (κ1) is 18.9. The van der Waals surface area contributed by atoms with E-state index in [9.17, 15) is 26.4 Å². The maximum Gasteiger partial charge on any atom is 0.416 e. The first-order chi connectivity index (χ1) is 11.6. The smallest absolute Gasteiger partial charge is 0.416 e. The Balaban J connectivity index is 2.13. The van der Waals surface area contributed by atoms with Crippen LogP contribution in [0.2, 0.25) is 0 Å². The summed E-state index contributed by atoms with van der Waals surface area (Å²) in [6, 6.07) is 9.43. The zero-order chi connectivity index (χ0) is 18.7. The molecule has 2 aromatic carbocycles. The summed E-state index contributed by atoms with van der Waals surface area (Å²) in [6.07, 6.45) is -4.63. The molecule has 0 fully saturated rings. The molecule has 0 amide bonds. The van der Waals surface area contributed by atoms with Gasteiger partial charge in [-0.25, -0.2) is 17.9 Å². The van der Waals surface area contributed by atoms with Gasteiger partial charge < -0.3 is 4.74 Å². The quantitative estimate of drug-likeness (QED) is 0.818. The molecule has 0 aliphatic heterocycles. The van der Waals surface area contributed by atoms with Gasteiger partial charge in [-0.1, -0.05) is 18.2 Å². The Hall–Kier alpha value is -2.39. The van der Waals surface area contributed by atoms with Gasteiger partial charge in [0.25, 0.3) is 0 Å². The molecule has 0 radical (unpaired) electrons. The minimum Gasteiger partial charge on any atom is -0.465 e. The molecule has 1 N–H and O–H groups in total. The molecule has 0 spiro atoms. The summed E-state index contributed by atoms with van der Waals surface area (Å²) in [5.74, 6) is -0.531. The van der Waals surface area contributed by atoms with E-state index < -0.39 is 32.6 Å². The number of halogens is 3. The summed E-state index contributed by atoms with van der Waals surface area (Å²) in [5.41, 5.74) is -0.215. The fraction of sp³-hybridized carbons (Fsp3) is 0.188. The molecular formula is C16H14F3NO4S. The molecule has 0 bridgehead atoms. The zero-order valence-corrected chi connectivity index (χ0v) is 13.8. The zero-order valence-electron chi connectivity index (χ0n) is 13.0. The first-order valence-corrected chi connectivity index (χ1v) is 8.46. The van der Waals surface area contributed by atoms with E-state index in [-0.39, 0.29) is 6.54 Å². The number of carbonyl (C=O) groups is 1. The molecule has 0 aliphatic rings. The summed E-state index contributed by atoms with van der Waals surface area (Å²) in [5, 5.41) is 0. The minimum absolute atomic E-state index is 0.139. The first-order valence-electron chi connectivity index (χ1n) is 6.97. The Bertz CT molecular complexity index is 862. The Morgan fingerprint density at radius 1 is 1.12 bits per heavy atom.